The first-order valence-corrected chi connectivity index (χ1v) is 8.60. The topological polar surface area (TPSA) is 84.9 Å². The second-order valence-corrected chi connectivity index (χ2v) is 7.64. The quantitative estimate of drug-likeness (QED) is 0.854. The summed E-state index contributed by atoms with van der Waals surface area (Å²) in [6.07, 6.45) is 1.21. The van der Waals surface area contributed by atoms with Gasteiger partial charge in [-0.25, -0.2) is 4.79 Å². The SMILES string of the molecule is Cc1cc(C(=O)NC2C3CCOC3C2(C)C)cc(C)c1OCC(=O)O. The average Bonchev–Trinajstić information content (AvgIpc) is 2.98. The van der Waals surface area contributed by atoms with Crippen LogP contribution in [0, 0.1) is 25.2 Å². The number of fused-ring (bicyclic) bond motifs is 1. The third-order valence-electron chi connectivity index (χ3n) is 5.45. The van der Waals surface area contributed by atoms with E-state index in [1.54, 1.807) is 12.1 Å². The molecule has 1 saturated carbocycles. The van der Waals surface area contributed by atoms with Crippen molar-refractivity contribution in [2.75, 3.05) is 13.2 Å². The summed E-state index contributed by atoms with van der Waals surface area (Å²) in [5.41, 5.74) is 2.00. The zero-order valence-corrected chi connectivity index (χ0v) is 15.1. The molecule has 1 aromatic carbocycles. The predicted octanol–water partition coefficient (Wildman–Crippen LogP) is 2.31. The van der Waals surface area contributed by atoms with Gasteiger partial charge in [-0.15, -0.1) is 0 Å². The molecule has 0 spiro atoms. The van der Waals surface area contributed by atoms with E-state index in [4.69, 9.17) is 14.6 Å². The Morgan fingerprint density at radius 1 is 1.32 bits per heavy atom. The van der Waals surface area contributed by atoms with Crippen molar-refractivity contribution >= 4 is 11.9 Å². The van der Waals surface area contributed by atoms with Crippen molar-refractivity contribution in [3.63, 3.8) is 0 Å². The molecule has 3 rings (SSSR count). The van der Waals surface area contributed by atoms with E-state index in [1.165, 1.54) is 0 Å². The van der Waals surface area contributed by atoms with E-state index in [0.29, 0.717) is 17.2 Å². The number of amides is 1. The van der Waals surface area contributed by atoms with Crippen LogP contribution in [0.15, 0.2) is 12.1 Å². The fourth-order valence-electron chi connectivity index (χ4n) is 4.28. The van der Waals surface area contributed by atoms with Gasteiger partial charge in [-0.05, 0) is 43.5 Å². The molecule has 1 amide bonds. The lowest BCUT2D eigenvalue weighted by Gasteiger charge is -2.54. The lowest BCUT2D eigenvalue weighted by molar-refractivity contribution is -0.139. The molecular weight excluding hydrogens is 322 g/mol. The number of carbonyl (C=O) groups excluding carboxylic acids is 1. The molecule has 0 radical (unpaired) electrons. The summed E-state index contributed by atoms with van der Waals surface area (Å²) >= 11 is 0. The Hall–Kier alpha value is -2.08. The van der Waals surface area contributed by atoms with E-state index >= 15 is 0 Å². The smallest absolute Gasteiger partial charge is 0.341 e. The van der Waals surface area contributed by atoms with Gasteiger partial charge in [-0.1, -0.05) is 13.8 Å². The second-order valence-electron chi connectivity index (χ2n) is 7.64. The van der Waals surface area contributed by atoms with Gasteiger partial charge in [0.15, 0.2) is 6.61 Å². The van der Waals surface area contributed by atoms with Gasteiger partial charge in [0.25, 0.3) is 5.91 Å². The molecule has 136 valence electrons. The zero-order chi connectivity index (χ0) is 18.4. The van der Waals surface area contributed by atoms with Crippen molar-refractivity contribution < 1.29 is 24.2 Å². The molecule has 3 atom stereocenters. The maximum atomic E-state index is 12.7. The summed E-state index contributed by atoms with van der Waals surface area (Å²) in [5, 5.41) is 11.9. The summed E-state index contributed by atoms with van der Waals surface area (Å²) in [6.45, 7) is 8.25. The lowest BCUT2D eigenvalue weighted by Crippen LogP contribution is -2.66. The number of carboxylic acids is 1. The number of aryl methyl sites for hydroxylation is 2. The van der Waals surface area contributed by atoms with Crippen LogP contribution in [0.2, 0.25) is 0 Å². The van der Waals surface area contributed by atoms with Gasteiger partial charge in [0.2, 0.25) is 0 Å². The highest BCUT2D eigenvalue weighted by Crippen LogP contribution is 2.52. The van der Waals surface area contributed by atoms with Crippen molar-refractivity contribution in [1.82, 2.24) is 5.32 Å². The number of hydrogen-bond acceptors (Lipinski definition) is 4. The molecule has 2 fully saturated rings. The first-order valence-electron chi connectivity index (χ1n) is 8.60. The maximum absolute atomic E-state index is 12.7. The molecule has 2 N–H and O–H groups in total. The van der Waals surface area contributed by atoms with Gasteiger partial charge in [-0.2, -0.15) is 0 Å². The van der Waals surface area contributed by atoms with Crippen LogP contribution >= 0.6 is 0 Å². The van der Waals surface area contributed by atoms with E-state index < -0.39 is 12.6 Å². The number of benzene rings is 1. The molecule has 1 aliphatic heterocycles. The van der Waals surface area contributed by atoms with Gasteiger partial charge in [0.1, 0.15) is 5.75 Å². The van der Waals surface area contributed by atoms with Crippen LogP contribution in [-0.4, -0.2) is 42.3 Å². The highest BCUT2D eigenvalue weighted by atomic mass is 16.5. The Labute approximate surface area is 147 Å². The van der Waals surface area contributed by atoms with E-state index in [1.807, 2.05) is 13.8 Å². The minimum absolute atomic E-state index is 0.0640. The van der Waals surface area contributed by atoms with Crippen LogP contribution in [0.1, 0.15) is 41.8 Å². The number of hydrogen-bond donors (Lipinski definition) is 2. The van der Waals surface area contributed by atoms with Gasteiger partial charge in [0.05, 0.1) is 6.10 Å². The average molecular weight is 347 g/mol. The van der Waals surface area contributed by atoms with Gasteiger partial charge >= 0.3 is 5.97 Å². The summed E-state index contributed by atoms with van der Waals surface area (Å²) in [7, 11) is 0. The molecular formula is C19H25NO5. The zero-order valence-electron chi connectivity index (χ0n) is 15.1. The molecule has 0 aromatic heterocycles. The molecule has 1 aliphatic carbocycles. The van der Waals surface area contributed by atoms with Gasteiger partial charge in [0, 0.05) is 29.5 Å². The van der Waals surface area contributed by atoms with Crippen molar-refractivity contribution in [3.05, 3.63) is 28.8 Å². The molecule has 0 bridgehead atoms. The molecule has 6 heteroatoms. The Morgan fingerprint density at radius 3 is 2.56 bits per heavy atom. The van der Waals surface area contributed by atoms with Crippen LogP contribution in [0.25, 0.3) is 0 Å². The van der Waals surface area contributed by atoms with Crippen LogP contribution in [-0.2, 0) is 9.53 Å². The van der Waals surface area contributed by atoms with E-state index in [2.05, 4.69) is 19.2 Å². The highest BCUT2D eigenvalue weighted by molar-refractivity contribution is 5.95. The number of carboxylic acid groups (broad SMARTS) is 1. The standard InChI is InChI=1S/C19H25NO5/c1-10-7-12(8-11(2)15(10)25-9-14(21)22)18(23)20-16-13-5-6-24-17(13)19(16,3)4/h7-8,13,16-17H,5-6,9H2,1-4H3,(H,20,23)(H,21,22). The monoisotopic (exact) mass is 347 g/mol. The predicted molar refractivity (Wildman–Crippen MR) is 91.9 cm³/mol. The summed E-state index contributed by atoms with van der Waals surface area (Å²) in [4.78, 5) is 23.4. The molecule has 1 saturated heterocycles. The minimum Gasteiger partial charge on any atom is -0.481 e. The first kappa shape index (κ1) is 17.7. The van der Waals surface area contributed by atoms with Gasteiger partial charge < -0.3 is 19.9 Å². The summed E-state index contributed by atoms with van der Waals surface area (Å²) < 4.78 is 11.1. The maximum Gasteiger partial charge on any atom is 0.341 e. The Morgan fingerprint density at radius 2 is 1.96 bits per heavy atom. The van der Waals surface area contributed by atoms with Crippen molar-refractivity contribution in [3.8, 4) is 5.75 Å². The number of aliphatic carboxylic acids is 1. The van der Waals surface area contributed by atoms with Crippen molar-refractivity contribution in [1.29, 1.82) is 0 Å². The number of carbonyl (C=O) groups is 2. The molecule has 25 heavy (non-hydrogen) atoms. The number of rotatable bonds is 5. The van der Waals surface area contributed by atoms with E-state index in [9.17, 15) is 9.59 Å². The summed E-state index contributed by atoms with van der Waals surface area (Å²) in [6, 6.07) is 3.60. The molecule has 2 aliphatic rings. The molecule has 3 unspecified atom stereocenters. The largest absolute Gasteiger partial charge is 0.481 e. The van der Waals surface area contributed by atoms with Crippen molar-refractivity contribution in [2.24, 2.45) is 11.3 Å². The number of ether oxygens (including phenoxy) is 2. The molecule has 1 heterocycles. The Kier molecular flexibility index (Phi) is 4.49. The van der Waals surface area contributed by atoms with Crippen LogP contribution in [0.4, 0.5) is 0 Å². The van der Waals surface area contributed by atoms with E-state index in [0.717, 1.165) is 24.2 Å². The Balaban J connectivity index is 1.73. The Bertz CT molecular complexity index is 689. The molecule has 6 nitrogen and oxygen atoms in total. The van der Waals surface area contributed by atoms with E-state index in [-0.39, 0.29) is 23.5 Å². The highest BCUT2D eigenvalue weighted by Gasteiger charge is 2.59. The molecule has 1 aromatic rings. The van der Waals surface area contributed by atoms with Crippen molar-refractivity contribution in [2.45, 2.75) is 46.3 Å². The lowest BCUT2D eigenvalue weighted by atomic mass is 9.57. The third kappa shape index (κ3) is 3.11. The normalized spacial score (nSPS) is 26.5. The number of nitrogens with one attached hydrogen (secondary N) is 1. The van der Waals surface area contributed by atoms with Crippen LogP contribution < -0.4 is 10.1 Å². The van der Waals surface area contributed by atoms with Crippen LogP contribution in [0.5, 0.6) is 5.75 Å². The third-order valence-corrected chi connectivity index (χ3v) is 5.45. The fraction of sp³-hybridized carbons (Fsp3) is 0.579. The summed E-state index contributed by atoms with van der Waals surface area (Å²) in [5.74, 6) is -0.230. The second kappa shape index (κ2) is 6.33. The fourth-order valence-corrected chi connectivity index (χ4v) is 4.28. The van der Waals surface area contributed by atoms with Gasteiger partial charge in [-0.3, -0.25) is 4.79 Å². The van der Waals surface area contributed by atoms with Crippen LogP contribution in [0.3, 0.4) is 0 Å². The minimum atomic E-state index is -1.03. The first-order chi connectivity index (χ1) is 11.7.